The van der Waals surface area contributed by atoms with Gasteiger partial charge in [-0.3, -0.25) is 4.79 Å². The first-order chi connectivity index (χ1) is 4.99. The summed E-state index contributed by atoms with van der Waals surface area (Å²) in [6.07, 6.45) is 2.94. The number of carbonyl (C=O) groups excluding carboxylic acids is 1. The van der Waals surface area contributed by atoms with Crippen LogP contribution in [0.5, 0.6) is 0 Å². The third-order valence-electron chi connectivity index (χ3n) is 1.58. The summed E-state index contributed by atoms with van der Waals surface area (Å²) in [4.78, 5) is 11.1. The molecule has 1 aliphatic rings. The van der Waals surface area contributed by atoms with Crippen LogP contribution in [0.1, 0.15) is 27.2 Å². The molecule has 11 heavy (non-hydrogen) atoms. The molecule has 1 fully saturated rings. The average Bonchev–Trinajstić information content (AvgIpc) is 2.12. The summed E-state index contributed by atoms with van der Waals surface area (Å²) in [6.45, 7) is 7.11. The Kier molecular flexibility index (Phi) is 2.03. The van der Waals surface area contributed by atoms with Crippen LogP contribution in [0.15, 0.2) is 11.6 Å². The molecule has 0 aromatic carbocycles. The molecule has 0 unspecified atom stereocenters. The molecule has 1 heterocycles. The van der Waals surface area contributed by atoms with Crippen molar-refractivity contribution in [3.8, 4) is 0 Å². The van der Waals surface area contributed by atoms with Crippen LogP contribution < -0.4 is 5.32 Å². The van der Waals surface area contributed by atoms with Crippen molar-refractivity contribution in [2.45, 2.75) is 27.2 Å². The molecule has 0 spiro atoms. The predicted octanol–water partition coefficient (Wildman–Crippen LogP) is 1.48. The zero-order chi connectivity index (χ0) is 8.48. The lowest BCUT2D eigenvalue weighted by atomic mass is 9.93. The molecular formula is C9H15NO. The van der Waals surface area contributed by atoms with E-state index >= 15 is 0 Å². The third-order valence-corrected chi connectivity index (χ3v) is 1.58. The first-order valence-corrected chi connectivity index (χ1v) is 3.99. The first kappa shape index (κ1) is 8.31. The van der Waals surface area contributed by atoms with Gasteiger partial charge in [-0.1, -0.05) is 26.8 Å². The van der Waals surface area contributed by atoms with Gasteiger partial charge in [0.15, 0.2) is 0 Å². The maximum absolute atomic E-state index is 11.1. The Bertz CT molecular complexity index is 198. The summed E-state index contributed by atoms with van der Waals surface area (Å²) in [6, 6.07) is 0. The molecule has 0 atom stereocenters. The van der Waals surface area contributed by atoms with Crippen molar-refractivity contribution in [1.82, 2.24) is 5.32 Å². The Morgan fingerprint density at radius 1 is 1.45 bits per heavy atom. The highest BCUT2D eigenvalue weighted by molar-refractivity contribution is 5.95. The van der Waals surface area contributed by atoms with Gasteiger partial charge in [-0.25, -0.2) is 0 Å². The van der Waals surface area contributed by atoms with Crippen molar-refractivity contribution in [2.24, 2.45) is 5.41 Å². The monoisotopic (exact) mass is 153 g/mol. The Hall–Kier alpha value is -0.790. The fourth-order valence-electron chi connectivity index (χ4n) is 1.20. The molecule has 0 bridgehead atoms. The molecular weight excluding hydrogens is 138 g/mol. The first-order valence-electron chi connectivity index (χ1n) is 3.99. The molecule has 1 N–H and O–H groups in total. The molecule has 0 radical (unpaired) electrons. The summed E-state index contributed by atoms with van der Waals surface area (Å²) in [5.41, 5.74) is 1.06. The van der Waals surface area contributed by atoms with E-state index in [0.29, 0.717) is 0 Å². The number of hydrogen-bond acceptors (Lipinski definition) is 1. The normalized spacial score (nSPS) is 22.5. The zero-order valence-corrected chi connectivity index (χ0v) is 7.40. The Morgan fingerprint density at radius 3 is 2.45 bits per heavy atom. The minimum Gasteiger partial charge on any atom is -0.352 e. The quantitative estimate of drug-likeness (QED) is 0.525. The molecule has 1 saturated heterocycles. The molecule has 1 rings (SSSR count). The van der Waals surface area contributed by atoms with Crippen LogP contribution in [-0.2, 0) is 4.79 Å². The van der Waals surface area contributed by atoms with E-state index in [9.17, 15) is 4.79 Å². The topological polar surface area (TPSA) is 29.1 Å². The lowest BCUT2D eigenvalue weighted by Crippen LogP contribution is -2.15. The Morgan fingerprint density at radius 2 is 2.09 bits per heavy atom. The molecule has 2 nitrogen and oxygen atoms in total. The molecule has 0 aliphatic carbocycles. The van der Waals surface area contributed by atoms with Crippen LogP contribution in [-0.4, -0.2) is 12.5 Å². The smallest absolute Gasteiger partial charge is 0.246 e. The molecule has 62 valence electrons. The number of amides is 1. The summed E-state index contributed by atoms with van der Waals surface area (Å²) >= 11 is 0. The van der Waals surface area contributed by atoms with Gasteiger partial charge in [-0.15, -0.1) is 0 Å². The summed E-state index contributed by atoms with van der Waals surface area (Å²) in [5, 5.41) is 2.78. The van der Waals surface area contributed by atoms with E-state index in [0.717, 1.165) is 18.5 Å². The maximum Gasteiger partial charge on any atom is 0.246 e. The second-order valence-electron chi connectivity index (χ2n) is 4.04. The maximum atomic E-state index is 11.1. The van der Waals surface area contributed by atoms with Gasteiger partial charge in [0.05, 0.1) is 0 Å². The average molecular weight is 153 g/mol. The molecule has 1 amide bonds. The molecule has 0 aromatic heterocycles. The fourth-order valence-corrected chi connectivity index (χ4v) is 1.20. The van der Waals surface area contributed by atoms with Crippen LogP contribution in [0.4, 0.5) is 0 Å². The van der Waals surface area contributed by atoms with Gasteiger partial charge in [0, 0.05) is 12.1 Å². The highest BCUT2D eigenvalue weighted by atomic mass is 16.1. The minimum absolute atomic E-state index is 0.111. The largest absolute Gasteiger partial charge is 0.352 e. The molecule has 0 aromatic rings. The van der Waals surface area contributed by atoms with E-state index in [-0.39, 0.29) is 11.3 Å². The third kappa shape index (κ3) is 2.37. The van der Waals surface area contributed by atoms with E-state index in [4.69, 9.17) is 0 Å². The Balaban J connectivity index is 2.73. The highest BCUT2D eigenvalue weighted by Crippen LogP contribution is 2.20. The van der Waals surface area contributed by atoms with E-state index in [1.54, 1.807) is 0 Å². The van der Waals surface area contributed by atoms with Gasteiger partial charge in [-0.05, 0) is 11.8 Å². The molecule has 0 saturated carbocycles. The number of nitrogens with one attached hydrogen (secondary N) is 1. The van der Waals surface area contributed by atoms with Crippen LogP contribution in [0, 0.1) is 5.41 Å². The van der Waals surface area contributed by atoms with Crippen molar-refractivity contribution >= 4 is 5.91 Å². The van der Waals surface area contributed by atoms with Gasteiger partial charge in [-0.2, -0.15) is 0 Å². The second kappa shape index (κ2) is 2.68. The number of hydrogen-bond donors (Lipinski definition) is 1. The van der Waals surface area contributed by atoms with Crippen molar-refractivity contribution in [1.29, 1.82) is 0 Å². The van der Waals surface area contributed by atoms with Crippen LogP contribution in [0.2, 0.25) is 0 Å². The van der Waals surface area contributed by atoms with Gasteiger partial charge >= 0.3 is 0 Å². The fraction of sp³-hybridized carbons (Fsp3) is 0.667. The predicted molar refractivity (Wildman–Crippen MR) is 45.2 cm³/mol. The standard InChI is InChI=1S/C9H15NO/c1-9(2,3)6-7-4-5-10-8(7)11/h6H,4-5H2,1-3H3,(H,10,11)/b7-6+. The molecule has 2 heteroatoms. The SMILES string of the molecule is CC(C)(C)/C=C1\CCNC1=O. The van der Waals surface area contributed by atoms with E-state index in [1.807, 2.05) is 0 Å². The van der Waals surface area contributed by atoms with E-state index < -0.39 is 0 Å². The number of allylic oxidation sites excluding steroid dienone is 1. The van der Waals surface area contributed by atoms with Gasteiger partial charge in [0.2, 0.25) is 5.91 Å². The summed E-state index contributed by atoms with van der Waals surface area (Å²) < 4.78 is 0. The second-order valence-corrected chi connectivity index (χ2v) is 4.04. The van der Waals surface area contributed by atoms with Crippen molar-refractivity contribution < 1.29 is 4.79 Å². The van der Waals surface area contributed by atoms with Gasteiger partial charge in [0.25, 0.3) is 0 Å². The lowest BCUT2D eigenvalue weighted by molar-refractivity contribution is -0.116. The van der Waals surface area contributed by atoms with Crippen molar-refractivity contribution in [2.75, 3.05) is 6.54 Å². The highest BCUT2D eigenvalue weighted by Gasteiger charge is 2.18. The van der Waals surface area contributed by atoms with E-state index in [1.165, 1.54) is 0 Å². The van der Waals surface area contributed by atoms with Crippen LogP contribution in [0.25, 0.3) is 0 Å². The van der Waals surface area contributed by atoms with Crippen LogP contribution in [0.3, 0.4) is 0 Å². The van der Waals surface area contributed by atoms with Crippen LogP contribution >= 0.6 is 0 Å². The van der Waals surface area contributed by atoms with Crippen molar-refractivity contribution in [3.63, 3.8) is 0 Å². The number of rotatable bonds is 0. The Labute approximate surface area is 67.7 Å². The summed E-state index contributed by atoms with van der Waals surface area (Å²) in [5.74, 6) is 0.111. The van der Waals surface area contributed by atoms with E-state index in [2.05, 4.69) is 32.2 Å². The number of carbonyl (C=O) groups is 1. The van der Waals surface area contributed by atoms with Crippen molar-refractivity contribution in [3.05, 3.63) is 11.6 Å². The zero-order valence-electron chi connectivity index (χ0n) is 7.40. The summed E-state index contributed by atoms with van der Waals surface area (Å²) in [7, 11) is 0. The van der Waals surface area contributed by atoms with Gasteiger partial charge < -0.3 is 5.32 Å². The lowest BCUT2D eigenvalue weighted by Gasteiger charge is -2.12. The van der Waals surface area contributed by atoms with Gasteiger partial charge in [0.1, 0.15) is 0 Å². The minimum atomic E-state index is 0.111. The molecule has 1 aliphatic heterocycles.